The summed E-state index contributed by atoms with van der Waals surface area (Å²) in [4.78, 5) is 1.92. The lowest BCUT2D eigenvalue weighted by Gasteiger charge is -2.34. The number of nitrogens with zero attached hydrogens (tertiary/aromatic N) is 3. The summed E-state index contributed by atoms with van der Waals surface area (Å²) in [7, 11) is -11.2. The summed E-state index contributed by atoms with van der Waals surface area (Å²) in [6.45, 7) is 3.13. The van der Waals surface area contributed by atoms with E-state index in [1.165, 1.54) is 28.6 Å². The van der Waals surface area contributed by atoms with E-state index >= 15 is 0 Å². The topological polar surface area (TPSA) is 133 Å². The highest BCUT2D eigenvalue weighted by molar-refractivity contribution is 7.91. The van der Waals surface area contributed by atoms with Gasteiger partial charge in [0.15, 0.2) is 9.84 Å². The Kier molecular flexibility index (Phi) is 6.12. The highest BCUT2D eigenvalue weighted by Crippen LogP contribution is 2.28. The minimum absolute atomic E-state index is 0.0553. The molecule has 2 heterocycles. The van der Waals surface area contributed by atoms with Gasteiger partial charge in [-0.25, -0.2) is 16.8 Å². The molecule has 0 unspecified atom stereocenters. The van der Waals surface area contributed by atoms with Gasteiger partial charge < -0.3 is 5.32 Å². The Morgan fingerprint density at radius 2 is 1.64 bits per heavy atom. The second-order valence-electron chi connectivity index (χ2n) is 8.06. The van der Waals surface area contributed by atoms with Crippen LogP contribution in [0.15, 0.2) is 61.5 Å². The van der Waals surface area contributed by atoms with Crippen LogP contribution in [0.5, 0.6) is 0 Å². The fourth-order valence-corrected chi connectivity index (χ4v) is 7.17. The maximum atomic E-state index is 13.0. The highest BCUT2D eigenvalue weighted by Gasteiger charge is 2.31. The molecule has 1 fully saturated rings. The maximum Gasteiger partial charge on any atom is 0.286 e. The number of hydrogen-bond acceptors (Lipinski definition) is 8. The minimum atomic E-state index is -3.86. The van der Waals surface area contributed by atoms with Gasteiger partial charge in [0.1, 0.15) is 10.7 Å². The van der Waals surface area contributed by atoms with Crippen molar-refractivity contribution in [3.63, 3.8) is 0 Å². The van der Waals surface area contributed by atoms with E-state index in [0.717, 1.165) is 11.8 Å². The first-order valence-electron chi connectivity index (χ1n) is 10.1. The van der Waals surface area contributed by atoms with Crippen LogP contribution in [0.1, 0.15) is 5.56 Å². The highest BCUT2D eigenvalue weighted by atomic mass is 32.2. The van der Waals surface area contributed by atoms with Crippen LogP contribution in [0.4, 0.5) is 5.69 Å². The number of benzene rings is 2. The lowest BCUT2D eigenvalue weighted by atomic mass is 10.2. The van der Waals surface area contributed by atoms with E-state index in [1.807, 2.05) is 11.0 Å². The van der Waals surface area contributed by atoms with Crippen molar-refractivity contribution in [1.82, 2.24) is 9.21 Å². The molecule has 0 aromatic heterocycles. The Labute approximate surface area is 194 Å². The van der Waals surface area contributed by atoms with E-state index in [1.54, 1.807) is 19.1 Å². The molecule has 10 nitrogen and oxygen atoms in total. The van der Waals surface area contributed by atoms with Crippen LogP contribution in [-0.2, 0) is 29.9 Å². The van der Waals surface area contributed by atoms with Crippen LogP contribution in [0.2, 0.25) is 0 Å². The number of anilines is 1. The molecule has 1 saturated heterocycles. The molecule has 0 saturated carbocycles. The van der Waals surface area contributed by atoms with E-state index < -0.39 is 29.9 Å². The van der Waals surface area contributed by atoms with Gasteiger partial charge in [-0.05, 0) is 42.8 Å². The number of sulfonamides is 2. The Morgan fingerprint density at radius 1 is 0.970 bits per heavy atom. The fourth-order valence-electron chi connectivity index (χ4n) is 3.74. The third-order valence-electron chi connectivity index (χ3n) is 5.50. The van der Waals surface area contributed by atoms with Gasteiger partial charge in [0.2, 0.25) is 10.0 Å². The van der Waals surface area contributed by atoms with Crippen molar-refractivity contribution in [2.75, 3.05) is 44.3 Å². The van der Waals surface area contributed by atoms with Crippen molar-refractivity contribution in [2.45, 2.75) is 21.6 Å². The van der Waals surface area contributed by atoms with E-state index in [-0.39, 0.29) is 40.2 Å². The predicted octanol–water partition coefficient (Wildman–Crippen LogP) is 0.918. The Morgan fingerprint density at radius 3 is 2.30 bits per heavy atom. The van der Waals surface area contributed by atoms with Crippen molar-refractivity contribution < 1.29 is 25.3 Å². The summed E-state index contributed by atoms with van der Waals surface area (Å²) >= 11 is 0. The molecule has 2 aliphatic heterocycles. The van der Waals surface area contributed by atoms with Crippen molar-refractivity contribution in [3.8, 4) is 0 Å². The van der Waals surface area contributed by atoms with Crippen molar-refractivity contribution in [1.29, 1.82) is 0 Å². The number of hydrogen-bond donors (Lipinski definition) is 1. The van der Waals surface area contributed by atoms with Crippen LogP contribution in [0.3, 0.4) is 0 Å². The molecule has 1 N–H and O–H groups in total. The lowest BCUT2D eigenvalue weighted by Crippen LogP contribution is -2.50. The molecule has 0 atom stereocenters. The summed E-state index contributed by atoms with van der Waals surface area (Å²) in [6, 6.07) is 10.4. The smallest absolute Gasteiger partial charge is 0.286 e. The summed E-state index contributed by atoms with van der Waals surface area (Å²) < 4.78 is 79.9. The molecule has 13 heteroatoms. The molecule has 178 valence electrons. The number of sulfone groups is 1. The molecule has 2 aromatic rings. The van der Waals surface area contributed by atoms with Gasteiger partial charge in [-0.1, -0.05) is 12.1 Å². The van der Waals surface area contributed by atoms with Crippen LogP contribution < -0.4 is 5.32 Å². The zero-order valence-corrected chi connectivity index (χ0v) is 20.5. The molecule has 4 rings (SSSR count). The predicted molar refractivity (Wildman–Crippen MR) is 124 cm³/mol. The average molecular weight is 513 g/mol. The lowest BCUT2D eigenvalue weighted by molar-refractivity contribution is 0.209. The monoisotopic (exact) mass is 512 g/mol. The molecular formula is C20H24N4O6S3. The second-order valence-corrected chi connectivity index (χ2v) is 13.6. The van der Waals surface area contributed by atoms with E-state index in [9.17, 15) is 25.3 Å². The number of fused-ring (bicyclic) bond motifs is 1. The van der Waals surface area contributed by atoms with Gasteiger partial charge in [0, 0.05) is 32.4 Å². The number of aryl methyl sites for hydroxylation is 1. The molecule has 33 heavy (non-hydrogen) atoms. The molecule has 2 aliphatic rings. The van der Waals surface area contributed by atoms with E-state index in [2.05, 4.69) is 9.71 Å². The first kappa shape index (κ1) is 23.8. The number of nitrogens with one attached hydrogen (secondary N) is 1. The van der Waals surface area contributed by atoms with Gasteiger partial charge in [-0.2, -0.15) is 12.7 Å². The Balaban J connectivity index is 1.45. The van der Waals surface area contributed by atoms with Crippen LogP contribution in [0.25, 0.3) is 0 Å². The number of rotatable bonds is 5. The third-order valence-corrected chi connectivity index (χ3v) is 9.86. The van der Waals surface area contributed by atoms with Crippen molar-refractivity contribution in [2.24, 2.45) is 4.40 Å². The van der Waals surface area contributed by atoms with Gasteiger partial charge in [-0.15, -0.1) is 4.40 Å². The molecule has 0 aliphatic carbocycles. The Bertz CT molecular complexity index is 1440. The summed E-state index contributed by atoms with van der Waals surface area (Å²) in [5.41, 5.74) is 1.29. The van der Waals surface area contributed by atoms with Gasteiger partial charge >= 0.3 is 0 Å². The quantitative estimate of drug-likeness (QED) is 0.625. The van der Waals surface area contributed by atoms with E-state index in [4.69, 9.17) is 0 Å². The summed E-state index contributed by atoms with van der Waals surface area (Å²) in [6.07, 6.45) is 1.03. The van der Waals surface area contributed by atoms with Crippen LogP contribution >= 0.6 is 0 Å². The normalized spacial score (nSPS) is 19.4. The van der Waals surface area contributed by atoms with Gasteiger partial charge in [0.25, 0.3) is 10.0 Å². The molecule has 0 radical (unpaired) electrons. The van der Waals surface area contributed by atoms with Crippen LogP contribution in [-0.4, -0.2) is 79.3 Å². The second kappa shape index (κ2) is 8.47. The molecule has 0 spiro atoms. The standard InChI is InChI=1S/C20H24N4O6S3/c1-15-6-7-18-19(12-15)32(27,28)22-20(21-18)14-23-8-10-24(11-9-23)33(29,30)17-5-3-4-16(13-17)31(2,25)26/h3-7,12-13H,8-11,14H2,1-2H3,(H,21,22). The average Bonchev–Trinajstić information content (AvgIpc) is 2.74. The van der Waals surface area contributed by atoms with Gasteiger partial charge in [-0.3, -0.25) is 4.90 Å². The van der Waals surface area contributed by atoms with Crippen molar-refractivity contribution in [3.05, 3.63) is 48.0 Å². The third kappa shape index (κ3) is 4.96. The summed E-state index contributed by atoms with van der Waals surface area (Å²) in [5.74, 6) is 0.281. The van der Waals surface area contributed by atoms with E-state index in [0.29, 0.717) is 18.8 Å². The molecular weight excluding hydrogens is 488 g/mol. The SMILES string of the molecule is Cc1ccc2c(c1)S(=O)(=O)N=C(CN1CCN(S(=O)(=O)c3cccc(S(C)(=O)=O)c3)CC1)N2. The minimum Gasteiger partial charge on any atom is -0.341 e. The van der Waals surface area contributed by atoms with Gasteiger partial charge in [0.05, 0.1) is 22.0 Å². The number of piperazine rings is 1. The largest absolute Gasteiger partial charge is 0.341 e. The molecule has 0 bridgehead atoms. The zero-order chi connectivity index (χ0) is 24.0. The first-order valence-corrected chi connectivity index (χ1v) is 14.9. The summed E-state index contributed by atoms with van der Waals surface area (Å²) in [5, 5.41) is 3.06. The first-order chi connectivity index (χ1) is 15.4. The fraction of sp³-hybridized carbons (Fsp3) is 0.350. The van der Waals surface area contributed by atoms with Crippen molar-refractivity contribution >= 4 is 41.4 Å². The molecule has 0 amide bonds. The maximum absolute atomic E-state index is 13.0. The van der Waals surface area contributed by atoms with Crippen LogP contribution in [0, 0.1) is 6.92 Å². The number of amidine groups is 1. The Hall–Kier alpha value is -2.32. The zero-order valence-electron chi connectivity index (χ0n) is 18.1. The molecule has 2 aromatic carbocycles.